The van der Waals surface area contributed by atoms with Crippen LogP contribution in [0, 0.1) is 0 Å². The second-order valence-electron chi connectivity index (χ2n) is 5.38. The lowest BCUT2D eigenvalue weighted by Crippen LogP contribution is -2.16. The van der Waals surface area contributed by atoms with Crippen molar-refractivity contribution < 1.29 is 24.1 Å². The predicted octanol–water partition coefficient (Wildman–Crippen LogP) is 2.85. The first-order valence-corrected chi connectivity index (χ1v) is 7.80. The number of hydrogen-bond donors (Lipinski definition) is 1. The molecule has 5 nitrogen and oxygen atoms in total. The molecule has 0 unspecified atom stereocenters. The van der Waals surface area contributed by atoms with Crippen LogP contribution < -0.4 is 9.47 Å². The van der Waals surface area contributed by atoms with Gasteiger partial charge in [0.25, 0.3) is 0 Å². The lowest BCUT2D eigenvalue weighted by Gasteiger charge is -2.15. The van der Waals surface area contributed by atoms with Gasteiger partial charge in [-0.15, -0.1) is 0 Å². The van der Waals surface area contributed by atoms with E-state index in [-0.39, 0.29) is 12.7 Å². The summed E-state index contributed by atoms with van der Waals surface area (Å²) in [5.41, 5.74) is 1.52. The van der Waals surface area contributed by atoms with Gasteiger partial charge in [0.1, 0.15) is 17.6 Å². The molecule has 0 aliphatic rings. The van der Waals surface area contributed by atoms with E-state index in [1.54, 1.807) is 25.1 Å². The number of ether oxygens (including phenoxy) is 3. The summed E-state index contributed by atoms with van der Waals surface area (Å²) < 4.78 is 16.1. The number of carbonyl (C=O) groups is 1. The molecule has 0 aliphatic heterocycles. The van der Waals surface area contributed by atoms with Gasteiger partial charge in [0, 0.05) is 12.5 Å². The van der Waals surface area contributed by atoms with Crippen LogP contribution in [0.3, 0.4) is 0 Å². The normalized spacial score (nSPS) is 11.6. The molecule has 1 atom stereocenters. The van der Waals surface area contributed by atoms with Gasteiger partial charge in [-0.25, -0.2) is 4.79 Å². The standard InChI is InChI=1S/C19H22O5/c1-14(13-20)24-18-11-16(19(21)22-2)10-17(12-18)23-9-8-15-6-4-3-5-7-15/h3-7,10-12,14,20H,8-9,13H2,1-2H3/t14-/m0/s1. The van der Waals surface area contributed by atoms with Crippen LogP contribution in [-0.4, -0.2) is 37.5 Å². The second kappa shape index (κ2) is 8.93. The van der Waals surface area contributed by atoms with Crippen molar-refractivity contribution in [1.82, 2.24) is 0 Å². The number of esters is 1. The van der Waals surface area contributed by atoms with Crippen molar-refractivity contribution in [2.75, 3.05) is 20.3 Å². The highest BCUT2D eigenvalue weighted by Gasteiger charge is 2.12. The monoisotopic (exact) mass is 330 g/mol. The summed E-state index contributed by atoms with van der Waals surface area (Å²) in [4.78, 5) is 11.8. The third-order valence-corrected chi connectivity index (χ3v) is 3.40. The topological polar surface area (TPSA) is 65.0 Å². The van der Waals surface area contributed by atoms with Gasteiger partial charge in [-0.3, -0.25) is 0 Å². The van der Waals surface area contributed by atoms with E-state index in [1.807, 2.05) is 30.3 Å². The summed E-state index contributed by atoms with van der Waals surface area (Å²) >= 11 is 0. The Morgan fingerprint density at radius 1 is 1.12 bits per heavy atom. The zero-order valence-corrected chi connectivity index (χ0v) is 13.9. The molecule has 128 valence electrons. The fourth-order valence-corrected chi connectivity index (χ4v) is 2.16. The zero-order chi connectivity index (χ0) is 17.4. The lowest BCUT2D eigenvalue weighted by atomic mass is 10.1. The van der Waals surface area contributed by atoms with Crippen molar-refractivity contribution in [2.45, 2.75) is 19.4 Å². The van der Waals surface area contributed by atoms with Gasteiger partial charge >= 0.3 is 5.97 Å². The molecule has 0 bridgehead atoms. The number of benzene rings is 2. The first kappa shape index (κ1) is 17.8. The van der Waals surface area contributed by atoms with Crippen molar-refractivity contribution in [1.29, 1.82) is 0 Å². The van der Waals surface area contributed by atoms with Gasteiger partial charge in [0.15, 0.2) is 0 Å². The molecule has 0 spiro atoms. The minimum atomic E-state index is -0.468. The van der Waals surface area contributed by atoms with Crippen LogP contribution in [0.2, 0.25) is 0 Å². The highest BCUT2D eigenvalue weighted by atomic mass is 16.5. The van der Waals surface area contributed by atoms with E-state index in [1.165, 1.54) is 12.7 Å². The van der Waals surface area contributed by atoms with Crippen molar-refractivity contribution >= 4 is 5.97 Å². The van der Waals surface area contributed by atoms with Crippen molar-refractivity contribution in [3.05, 3.63) is 59.7 Å². The Bertz CT molecular complexity index is 654. The maximum Gasteiger partial charge on any atom is 0.338 e. The molecule has 1 N–H and O–H groups in total. The summed E-state index contributed by atoms with van der Waals surface area (Å²) in [6.45, 7) is 2.09. The van der Waals surface area contributed by atoms with Crippen molar-refractivity contribution in [3.8, 4) is 11.5 Å². The summed E-state index contributed by atoms with van der Waals surface area (Å²) in [5, 5.41) is 9.11. The van der Waals surface area contributed by atoms with Gasteiger partial charge in [-0.2, -0.15) is 0 Å². The quantitative estimate of drug-likeness (QED) is 0.754. The minimum absolute atomic E-state index is 0.118. The SMILES string of the molecule is COC(=O)c1cc(OCCc2ccccc2)cc(O[C@@H](C)CO)c1. The predicted molar refractivity (Wildman–Crippen MR) is 90.6 cm³/mol. The average molecular weight is 330 g/mol. The Balaban J connectivity index is 2.08. The van der Waals surface area contributed by atoms with Crippen LogP contribution in [0.1, 0.15) is 22.8 Å². The van der Waals surface area contributed by atoms with Crippen LogP contribution >= 0.6 is 0 Å². The molecule has 2 aromatic rings. The van der Waals surface area contributed by atoms with E-state index in [0.29, 0.717) is 23.7 Å². The zero-order valence-electron chi connectivity index (χ0n) is 13.9. The molecule has 0 radical (unpaired) electrons. The molecular formula is C19H22O5. The molecule has 0 saturated carbocycles. The molecule has 0 amide bonds. The van der Waals surface area contributed by atoms with Gasteiger partial charge in [-0.05, 0) is 24.6 Å². The maximum atomic E-state index is 11.8. The Kier molecular flexibility index (Phi) is 6.63. The number of methoxy groups -OCH3 is 1. The van der Waals surface area contributed by atoms with Gasteiger partial charge in [-0.1, -0.05) is 30.3 Å². The van der Waals surface area contributed by atoms with Gasteiger partial charge in [0.05, 0.1) is 25.9 Å². The number of rotatable bonds is 8. The summed E-state index contributed by atoms with van der Waals surface area (Å²) in [6, 6.07) is 14.9. The number of aliphatic hydroxyl groups excluding tert-OH is 1. The Morgan fingerprint density at radius 3 is 2.50 bits per heavy atom. The van der Waals surface area contributed by atoms with Gasteiger partial charge < -0.3 is 19.3 Å². The maximum absolute atomic E-state index is 11.8. The molecule has 2 rings (SSSR count). The molecule has 0 aliphatic carbocycles. The largest absolute Gasteiger partial charge is 0.493 e. The van der Waals surface area contributed by atoms with Crippen LogP contribution in [0.4, 0.5) is 0 Å². The number of hydrogen-bond acceptors (Lipinski definition) is 5. The average Bonchev–Trinajstić information content (AvgIpc) is 2.61. The number of carbonyl (C=O) groups excluding carboxylic acids is 1. The van der Waals surface area contributed by atoms with Crippen LogP contribution in [0.25, 0.3) is 0 Å². The third-order valence-electron chi connectivity index (χ3n) is 3.40. The molecular weight excluding hydrogens is 308 g/mol. The van der Waals surface area contributed by atoms with Gasteiger partial charge in [0.2, 0.25) is 0 Å². The molecule has 24 heavy (non-hydrogen) atoms. The highest BCUT2D eigenvalue weighted by Crippen LogP contribution is 2.24. The van der Waals surface area contributed by atoms with E-state index in [9.17, 15) is 4.79 Å². The minimum Gasteiger partial charge on any atom is -0.493 e. The second-order valence-corrected chi connectivity index (χ2v) is 5.38. The highest BCUT2D eigenvalue weighted by molar-refractivity contribution is 5.90. The van der Waals surface area contributed by atoms with Crippen molar-refractivity contribution in [2.24, 2.45) is 0 Å². The van der Waals surface area contributed by atoms with E-state index >= 15 is 0 Å². The van der Waals surface area contributed by atoms with E-state index in [0.717, 1.165) is 6.42 Å². The molecule has 0 aromatic heterocycles. The molecule has 0 fully saturated rings. The lowest BCUT2D eigenvalue weighted by molar-refractivity contribution is 0.0599. The van der Waals surface area contributed by atoms with Crippen LogP contribution in [-0.2, 0) is 11.2 Å². The van der Waals surface area contributed by atoms with Crippen LogP contribution in [0.15, 0.2) is 48.5 Å². The Morgan fingerprint density at radius 2 is 1.83 bits per heavy atom. The van der Waals surface area contributed by atoms with E-state index < -0.39 is 5.97 Å². The molecule has 0 heterocycles. The van der Waals surface area contributed by atoms with E-state index in [2.05, 4.69) is 0 Å². The fraction of sp³-hybridized carbons (Fsp3) is 0.316. The third kappa shape index (κ3) is 5.28. The Labute approximate surface area is 141 Å². The summed E-state index contributed by atoms with van der Waals surface area (Å²) in [7, 11) is 1.32. The fourth-order valence-electron chi connectivity index (χ4n) is 2.16. The molecule has 0 saturated heterocycles. The first-order chi connectivity index (χ1) is 11.6. The van der Waals surface area contributed by atoms with Crippen LogP contribution in [0.5, 0.6) is 11.5 Å². The molecule has 2 aromatic carbocycles. The van der Waals surface area contributed by atoms with Crippen molar-refractivity contribution in [3.63, 3.8) is 0 Å². The first-order valence-electron chi connectivity index (χ1n) is 7.80. The van der Waals surface area contributed by atoms with E-state index in [4.69, 9.17) is 19.3 Å². The summed E-state index contributed by atoms with van der Waals surface area (Å²) in [6.07, 6.45) is 0.377. The Hall–Kier alpha value is -2.53. The summed E-state index contributed by atoms with van der Waals surface area (Å²) in [5.74, 6) is 0.508. The molecule has 5 heteroatoms. The number of aliphatic hydroxyl groups is 1. The smallest absolute Gasteiger partial charge is 0.338 e.